The van der Waals surface area contributed by atoms with Gasteiger partial charge in [0.2, 0.25) is 0 Å². The lowest BCUT2D eigenvalue weighted by atomic mass is 10.1. The molecule has 0 amide bonds. The summed E-state index contributed by atoms with van der Waals surface area (Å²) in [6.45, 7) is 6.86. The van der Waals surface area contributed by atoms with Gasteiger partial charge in [-0.2, -0.15) is 0 Å². The van der Waals surface area contributed by atoms with Gasteiger partial charge in [0.25, 0.3) is 0 Å². The van der Waals surface area contributed by atoms with E-state index in [9.17, 15) is 13.2 Å². The summed E-state index contributed by atoms with van der Waals surface area (Å²) in [5, 5.41) is 3.40. The van der Waals surface area contributed by atoms with Crippen molar-refractivity contribution in [2.45, 2.75) is 26.4 Å². The van der Waals surface area contributed by atoms with Crippen LogP contribution in [0, 0.1) is 24.7 Å². The first-order chi connectivity index (χ1) is 13.4. The van der Waals surface area contributed by atoms with Crippen LogP contribution in [0.1, 0.15) is 16.7 Å². The lowest BCUT2D eigenvalue weighted by Gasteiger charge is -2.19. The molecule has 2 aliphatic rings. The first-order valence-corrected chi connectivity index (χ1v) is 9.71. The van der Waals surface area contributed by atoms with Crippen LogP contribution in [0.5, 0.6) is 5.75 Å². The minimum atomic E-state index is -4.65. The van der Waals surface area contributed by atoms with Crippen LogP contribution in [0.25, 0.3) is 0 Å². The van der Waals surface area contributed by atoms with E-state index in [0.717, 1.165) is 43.6 Å². The van der Waals surface area contributed by atoms with Crippen molar-refractivity contribution in [2.75, 3.05) is 19.6 Å². The first-order valence-electron chi connectivity index (χ1n) is 9.71. The molecule has 150 valence electrons. The third-order valence-electron chi connectivity index (χ3n) is 5.81. The number of hydrogen-bond donors (Lipinski definition) is 1. The number of rotatable bonds is 7. The zero-order valence-electron chi connectivity index (χ0n) is 15.9. The highest BCUT2D eigenvalue weighted by molar-refractivity contribution is 5.28. The molecule has 0 radical (unpaired) electrons. The third kappa shape index (κ3) is 4.86. The Morgan fingerprint density at radius 2 is 1.75 bits per heavy atom. The van der Waals surface area contributed by atoms with E-state index in [-0.39, 0.29) is 5.75 Å². The molecule has 2 fully saturated rings. The van der Waals surface area contributed by atoms with Crippen molar-refractivity contribution in [3.63, 3.8) is 0 Å². The number of benzene rings is 2. The molecule has 0 bridgehead atoms. The van der Waals surface area contributed by atoms with Crippen LogP contribution < -0.4 is 10.1 Å². The number of nitrogens with zero attached hydrogens (tertiary/aromatic N) is 1. The van der Waals surface area contributed by atoms with Crippen molar-refractivity contribution in [3.05, 3.63) is 65.2 Å². The summed E-state index contributed by atoms with van der Waals surface area (Å²) in [5.74, 6) is 2.02. The van der Waals surface area contributed by atoms with Gasteiger partial charge in [0.05, 0.1) is 0 Å². The van der Waals surface area contributed by atoms with E-state index < -0.39 is 6.36 Å². The lowest BCUT2D eigenvalue weighted by molar-refractivity contribution is -0.274. The van der Waals surface area contributed by atoms with Gasteiger partial charge in [-0.25, -0.2) is 0 Å². The van der Waals surface area contributed by atoms with Gasteiger partial charge in [-0.15, -0.1) is 13.2 Å². The maximum atomic E-state index is 12.3. The second kappa shape index (κ2) is 7.76. The van der Waals surface area contributed by atoms with Crippen LogP contribution in [0.2, 0.25) is 0 Å². The van der Waals surface area contributed by atoms with Crippen molar-refractivity contribution in [2.24, 2.45) is 17.8 Å². The number of hydrogen-bond acceptors (Lipinski definition) is 3. The summed E-state index contributed by atoms with van der Waals surface area (Å²) in [4.78, 5) is 2.52. The van der Waals surface area contributed by atoms with Gasteiger partial charge in [-0.05, 0) is 54.5 Å². The Labute approximate surface area is 163 Å². The topological polar surface area (TPSA) is 24.5 Å². The fraction of sp³-hybridized carbons (Fsp3) is 0.455. The van der Waals surface area contributed by atoms with Gasteiger partial charge in [0.15, 0.2) is 0 Å². The van der Waals surface area contributed by atoms with Crippen LogP contribution in [-0.2, 0) is 13.1 Å². The van der Waals surface area contributed by atoms with E-state index in [1.54, 1.807) is 6.07 Å². The molecule has 1 saturated carbocycles. The molecule has 2 atom stereocenters. The average molecular weight is 390 g/mol. The molecule has 1 aliphatic carbocycles. The Kier molecular flexibility index (Phi) is 5.34. The molecule has 0 spiro atoms. The van der Waals surface area contributed by atoms with Crippen LogP contribution in [-0.4, -0.2) is 30.9 Å². The quantitative estimate of drug-likeness (QED) is 0.760. The highest BCUT2D eigenvalue weighted by atomic mass is 19.4. The number of aryl methyl sites for hydroxylation is 1. The van der Waals surface area contributed by atoms with Gasteiger partial charge in [-0.1, -0.05) is 42.0 Å². The smallest absolute Gasteiger partial charge is 0.406 e. The third-order valence-corrected chi connectivity index (χ3v) is 5.81. The van der Waals surface area contributed by atoms with Crippen molar-refractivity contribution >= 4 is 0 Å². The maximum Gasteiger partial charge on any atom is 0.573 e. The molecule has 1 heterocycles. The second-order valence-electron chi connectivity index (χ2n) is 8.00. The summed E-state index contributed by atoms with van der Waals surface area (Å²) in [6.07, 6.45) is -4.65. The Balaban J connectivity index is 1.18. The van der Waals surface area contributed by atoms with Crippen molar-refractivity contribution in [1.29, 1.82) is 0 Å². The molecular formula is C22H25F3N2O. The summed E-state index contributed by atoms with van der Waals surface area (Å²) in [7, 11) is 0. The van der Waals surface area contributed by atoms with E-state index in [4.69, 9.17) is 0 Å². The number of fused-ring (bicyclic) bond motifs is 1. The largest absolute Gasteiger partial charge is 0.573 e. The summed E-state index contributed by atoms with van der Waals surface area (Å²) < 4.78 is 40.9. The van der Waals surface area contributed by atoms with E-state index in [0.29, 0.717) is 12.5 Å². The summed E-state index contributed by atoms with van der Waals surface area (Å²) in [6, 6.07) is 14.9. The highest BCUT2D eigenvalue weighted by Crippen LogP contribution is 2.51. The number of alkyl halides is 3. The number of piperidine rings is 1. The molecule has 0 aromatic heterocycles. The Hall–Kier alpha value is -2.05. The van der Waals surface area contributed by atoms with E-state index >= 15 is 0 Å². The van der Waals surface area contributed by atoms with Crippen LogP contribution in [0.15, 0.2) is 48.5 Å². The molecule has 2 aromatic rings. The summed E-state index contributed by atoms with van der Waals surface area (Å²) in [5.41, 5.74) is 3.45. The molecular weight excluding hydrogens is 365 g/mol. The van der Waals surface area contributed by atoms with Gasteiger partial charge in [-0.3, -0.25) is 4.90 Å². The molecule has 1 N–H and O–H groups in total. The first kappa shape index (κ1) is 19.3. The van der Waals surface area contributed by atoms with Crippen LogP contribution >= 0.6 is 0 Å². The number of nitrogens with one attached hydrogen (secondary N) is 1. The lowest BCUT2D eigenvalue weighted by Crippen LogP contribution is -2.27. The van der Waals surface area contributed by atoms with Gasteiger partial charge in [0, 0.05) is 26.2 Å². The van der Waals surface area contributed by atoms with Gasteiger partial charge >= 0.3 is 6.36 Å². The normalized spacial score (nSPS) is 24.2. The van der Waals surface area contributed by atoms with Crippen molar-refractivity contribution in [1.82, 2.24) is 10.2 Å². The minimum Gasteiger partial charge on any atom is -0.406 e. The Bertz CT molecular complexity index is 794. The highest BCUT2D eigenvalue weighted by Gasteiger charge is 2.54. The minimum absolute atomic E-state index is 0.165. The zero-order chi connectivity index (χ0) is 19.7. The van der Waals surface area contributed by atoms with Crippen molar-refractivity contribution in [3.8, 4) is 5.75 Å². The molecule has 1 saturated heterocycles. The fourth-order valence-corrected chi connectivity index (χ4v) is 4.36. The maximum absolute atomic E-state index is 12.3. The fourth-order valence-electron chi connectivity index (χ4n) is 4.36. The number of halogens is 3. The van der Waals surface area contributed by atoms with Crippen molar-refractivity contribution < 1.29 is 17.9 Å². The Morgan fingerprint density at radius 3 is 2.43 bits per heavy atom. The zero-order valence-corrected chi connectivity index (χ0v) is 15.9. The van der Waals surface area contributed by atoms with Crippen LogP contribution in [0.4, 0.5) is 13.2 Å². The average Bonchev–Trinajstić information content (AvgIpc) is 3.07. The second-order valence-corrected chi connectivity index (χ2v) is 8.00. The summed E-state index contributed by atoms with van der Waals surface area (Å²) >= 11 is 0. The van der Waals surface area contributed by atoms with E-state index in [1.165, 1.54) is 23.3 Å². The molecule has 3 nitrogen and oxygen atoms in total. The van der Waals surface area contributed by atoms with E-state index in [2.05, 4.69) is 46.1 Å². The SMILES string of the molecule is Cc1ccc(CN2CC3C(CNCc4cccc(OC(F)(F)F)c4)C3C2)cc1. The molecule has 28 heavy (non-hydrogen) atoms. The predicted octanol–water partition coefficient (Wildman–Crippen LogP) is 4.36. The number of ether oxygens (including phenoxy) is 1. The van der Waals surface area contributed by atoms with Crippen LogP contribution in [0.3, 0.4) is 0 Å². The molecule has 2 aromatic carbocycles. The predicted molar refractivity (Wildman–Crippen MR) is 102 cm³/mol. The molecule has 6 heteroatoms. The molecule has 4 rings (SSSR count). The van der Waals surface area contributed by atoms with E-state index in [1.807, 2.05) is 6.07 Å². The molecule has 1 aliphatic heterocycles. The molecule has 2 unspecified atom stereocenters. The monoisotopic (exact) mass is 390 g/mol. The Morgan fingerprint density at radius 1 is 1.04 bits per heavy atom. The number of likely N-dealkylation sites (tertiary alicyclic amines) is 1. The standard InChI is InChI=1S/C22H25F3N2O/c1-15-5-7-16(8-6-15)12-27-13-20-19(21(20)14-27)11-26-10-17-3-2-4-18(9-17)28-22(23,24)25/h2-9,19-21,26H,10-14H2,1H3. The van der Waals surface area contributed by atoms with Gasteiger partial charge in [0.1, 0.15) is 5.75 Å². The van der Waals surface area contributed by atoms with Gasteiger partial charge < -0.3 is 10.1 Å².